The van der Waals surface area contributed by atoms with Crippen molar-refractivity contribution in [1.29, 1.82) is 0 Å². The summed E-state index contributed by atoms with van der Waals surface area (Å²) < 4.78 is 10.9. The highest BCUT2D eigenvalue weighted by atomic mass is 16.5. The number of para-hydroxylation sites is 1. The van der Waals surface area contributed by atoms with Crippen LogP contribution in [0.25, 0.3) is 5.57 Å². The first-order chi connectivity index (χ1) is 13.7. The number of carbonyl (C=O) groups excluding carboxylic acids is 2. The fraction of sp³-hybridized carbons (Fsp3) is 0.286. The minimum atomic E-state index is -0.320. The number of methoxy groups -OCH3 is 1. The molecule has 144 valence electrons. The molecule has 4 rings (SSSR count). The number of hydrogen-bond acceptors (Lipinski definition) is 6. The lowest BCUT2D eigenvalue weighted by Crippen LogP contribution is -2.40. The van der Waals surface area contributed by atoms with Crippen LogP contribution in [0.1, 0.15) is 11.1 Å². The maximum atomic E-state index is 13.4. The van der Waals surface area contributed by atoms with E-state index in [9.17, 15) is 9.59 Å². The second-order valence-electron chi connectivity index (χ2n) is 6.58. The summed E-state index contributed by atoms with van der Waals surface area (Å²) >= 11 is 0. The van der Waals surface area contributed by atoms with Crippen molar-refractivity contribution < 1.29 is 19.1 Å². The van der Waals surface area contributed by atoms with Crippen LogP contribution in [0.4, 0.5) is 0 Å². The van der Waals surface area contributed by atoms with E-state index in [4.69, 9.17) is 9.47 Å². The van der Waals surface area contributed by atoms with Crippen LogP contribution in [-0.2, 0) is 20.9 Å². The van der Waals surface area contributed by atoms with E-state index < -0.39 is 0 Å². The molecular weight excluding hydrogens is 358 g/mol. The second-order valence-corrected chi connectivity index (χ2v) is 6.58. The number of nitrogens with zero attached hydrogens (tertiary/aromatic N) is 3. The molecule has 2 aliphatic heterocycles. The van der Waals surface area contributed by atoms with Gasteiger partial charge >= 0.3 is 0 Å². The average Bonchev–Trinajstić information content (AvgIpc) is 2.99. The Morgan fingerprint density at radius 2 is 1.86 bits per heavy atom. The van der Waals surface area contributed by atoms with E-state index in [2.05, 4.69) is 4.98 Å². The van der Waals surface area contributed by atoms with Gasteiger partial charge in [0.05, 0.1) is 32.4 Å². The third kappa shape index (κ3) is 3.25. The first-order valence-electron chi connectivity index (χ1n) is 9.16. The fourth-order valence-corrected chi connectivity index (χ4v) is 3.56. The van der Waals surface area contributed by atoms with Gasteiger partial charge in [0.2, 0.25) is 0 Å². The highest BCUT2D eigenvalue weighted by Gasteiger charge is 2.42. The molecule has 3 heterocycles. The number of amides is 2. The van der Waals surface area contributed by atoms with Crippen LogP contribution >= 0.6 is 0 Å². The van der Waals surface area contributed by atoms with Crippen molar-refractivity contribution in [2.24, 2.45) is 0 Å². The van der Waals surface area contributed by atoms with Gasteiger partial charge in [0.25, 0.3) is 11.8 Å². The Balaban J connectivity index is 1.78. The van der Waals surface area contributed by atoms with Crippen LogP contribution in [0, 0.1) is 0 Å². The summed E-state index contributed by atoms with van der Waals surface area (Å²) in [5.41, 5.74) is 2.22. The van der Waals surface area contributed by atoms with Gasteiger partial charge in [-0.15, -0.1) is 0 Å². The molecule has 2 amide bonds. The van der Waals surface area contributed by atoms with Gasteiger partial charge in [-0.1, -0.05) is 24.3 Å². The lowest BCUT2D eigenvalue weighted by Gasteiger charge is -2.29. The normalized spacial score (nSPS) is 17.5. The quantitative estimate of drug-likeness (QED) is 0.737. The number of rotatable bonds is 5. The molecule has 7 heteroatoms. The van der Waals surface area contributed by atoms with E-state index in [-0.39, 0.29) is 18.4 Å². The zero-order valence-electron chi connectivity index (χ0n) is 15.6. The van der Waals surface area contributed by atoms with E-state index in [0.717, 1.165) is 5.56 Å². The summed E-state index contributed by atoms with van der Waals surface area (Å²) in [6, 6.07) is 10.9. The summed E-state index contributed by atoms with van der Waals surface area (Å²) in [4.78, 5) is 34.0. The van der Waals surface area contributed by atoms with E-state index in [1.807, 2.05) is 29.2 Å². The molecule has 0 radical (unpaired) electrons. The molecule has 0 bridgehead atoms. The molecule has 1 fully saturated rings. The maximum Gasteiger partial charge on any atom is 0.278 e. The predicted octanol–water partition coefficient (Wildman–Crippen LogP) is 1.70. The summed E-state index contributed by atoms with van der Waals surface area (Å²) in [6.45, 7) is 2.35. The average molecular weight is 379 g/mol. The zero-order valence-corrected chi connectivity index (χ0v) is 15.6. The monoisotopic (exact) mass is 379 g/mol. The Labute approximate surface area is 163 Å². The highest BCUT2D eigenvalue weighted by molar-refractivity contribution is 6.35. The second kappa shape index (κ2) is 7.82. The number of morpholine rings is 1. The molecule has 0 saturated carbocycles. The summed E-state index contributed by atoms with van der Waals surface area (Å²) in [5.74, 6) is -0.0517. The number of pyridine rings is 1. The largest absolute Gasteiger partial charge is 0.496 e. The van der Waals surface area contributed by atoms with Crippen LogP contribution in [0.15, 0.2) is 54.5 Å². The van der Waals surface area contributed by atoms with E-state index in [1.165, 1.54) is 4.90 Å². The number of ether oxygens (including phenoxy) is 2. The topological polar surface area (TPSA) is 72.0 Å². The van der Waals surface area contributed by atoms with Crippen molar-refractivity contribution in [3.63, 3.8) is 0 Å². The molecule has 0 N–H and O–H groups in total. The van der Waals surface area contributed by atoms with Crippen LogP contribution in [0.5, 0.6) is 5.75 Å². The van der Waals surface area contributed by atoms with Crippen molar-refractivity contribution in [1.82, 2.24) is 14.8 Å². The molecule has 0 unspecified atom stereocenters. The van der Waals surface area contributed by atoms with Gasteiger partial charge in [-0.05, 0) is 17.7 Å². The van der Waals surface area contributed by atoms with Crippen molar-refractivity contribution in [2.75, 3.05) is 33.4 Å². The number of aromatic nitrogens is 1. The summed E-state index contributed by atoms with van der Waals surface area (Å²) in [6.07, 6.45) is 3.32. The number of hydrogen-bond donors (Lipinski definition) is 0. The van der Waals surface area contributed by atoms with Gasteiger partial charge in [0.1, 0.15) is 11.4 Å². The van der Waals surface area contributed by atoms with Crippen LogP contribution in [-0.4, -0.2) is 60.0 Å². The predicted molar refractivity (Wildman–Crippen MR) is 102 cm³/mol. The molecule has 1 aromatic heterocycles. The zero-order chi connectivity index (χ0) is 19.5. The number of benzene rings is 1. The van der Waals surface area contributed by atoms with Gasteiger partial charge in [-0.2, -0.15) is 0 Å². The molecule has 0 atom stereocenters. The number of carbonyl (C=O) groups is 2. The standard InChI is InChI=1S/C21H21N3O4/c1-27-17-7-3-2-6-16(17)18-19(23-9-11-28-12-10-23)21(26)24(20(18)25)14-15-5-4-8-22-13-15/h2-8,13H,9-12,14H2,1H3. The molecule has 1 saturated heterocycles. The highest BCUT2D eigenvalue weighted by Crippen LogP contribution is 2.36. The van der Waals surface area contributed by atoms with Gasteiger partial charge in [0, 0.05) is 31.0 Å². The van der Waals surface area contributed by atoms with Gasteiger partial charge < -0.3 is 14.4 Å². The molecule has 28 heavy (non-hydrogen) atoms. The molecule has 2 aromatic rings. The molecule has 1 aromatic carbocycles. The van der Waals surface area contributed by atoms with Gasteiger partial charge in [-0.3, -0.25) is 19.5 Å². The third-order valence-electron chi connectivity index (χ3n) is 4.91. The molecule has 0 aliphatic carbocycles. The van der Waals surface area contributed by atoms with Crippen LogP contribution in [0.2, 0.25) is 0 Å². The maximum absolute atomic E-state index is 13.4. The Kier molecular flexibility index (Phi) is 5.08. The third-order valence-corrected chi connectivity index (χ3v) is 4.91. The van der Waals surface area contributed by atoms with E-state index in [0.29, 0.717) is 48.9 Å². The molecule has 2 aliphatic rings. The van der Waals surface area contributed by atoms with Crippen molar-refractivity contribution in [2.45, 2.75) is 6.54 Å². The Hall–Kier alpha value is -3.19. The Bertz CT molecular complexity index is 920. The van der Waals surface area contributed by atoms with Crippen LogP contribution in [0.3, 0.4) is 0 Å². The Morgan fingerprint density at radius 3 is 2.57 bits per heavy atom. The summed E-state index contributed by atoms with van der Waals surface area (Å²) in [5, 5.41) is 0. The van der Waals surface area contributed by atoms with Crippen molar-refractivity contribution in [3.05, 3.63) is 65.6 Å². The lowest BCUT2D eigenvalue weighted by atomic mass is 10.0. The molecule has 7 nitrogen and oxygen atoms in total. The minimum Gasteiger partial charge on any atom is -0.496 e. The van der Waals surface area contributed by atoms with Crippen LogP contribution < -0.4 is 4.74 Å². The van der Waals surface area contributed by atoms with E-state index >= 15 is 0 Å². The first kappa shape index (κ1) is 18.2. The van der Waals surface area contributed by atoms with Gasteiger partial charge in [0.15, 0.2) is 0 Å². The minimum absolute atomic E-state index is 0.179. The SMILES string of the molecule is COc1ccccc1C1=C(N2CCOCC2)C(=O)N(Cc2cccnc2)C1=O. The summed E-state index contributed by atoms with van der Waals surface area (Å²) in [7, 11) is 1.56. The van der Waals surface area contributed by atoms with Crippen molar-refractivity contribution in [3.8, 4) is 5.75 Å². The smallest absolute Gasteiger partial charge is 0.278 e. The fourth-order valence-electron chi connectivity index (χ4n) is 3.56. The van der Waals surface area contributed by atoms with Gasteiger partial charge in [-0.25, -0.2) is 0 Å². The molecular formula is C21H21N3O4. The Morgan fingerprint density at radius 1 is 1.07 bits per heavy atom. The first-order valence-corrected chi connectivity index (χ1v) is 9.16. The van der Waals surface area contributed by atoms with Crippen molar-refractivity contribution >= 4 is 17.4 Å². The van der Waals surface area contributed by atoms with E-state index in [1.54, 1.807) is 31.6 Å². The molecule has 0 spiro atoms. The lowest BCUT2D eigenvalue weighted by molar-refractivity contribution is -0.138. The number of imide groups is 1.